The second kappa shape index (κ2) is 7.31. The lowest BCUT2D eigenvalue weighted by Gasteiger charge is -2.16. The van der Waals surface area contributed by atoms with Crippen LogP contribution in [-0.2, 0) is 6.61 Å². The molecule has 0 aliphatic rings. The van der Waals surface area contributed by atoms with Crippen molar-refractivity contribution in [3.05, 3.63) is 64.2 Å². The van der Waals surface area contributed by atoms with Crippen LogP contribution in [0.25, 0.3) is 0 Å². The third-order valence-corrected chi connectivity index (χ3v) is 3.68. The van der Waals surface area contributed by atoms with E-state index in [0.717, 1.165) is 11.3 Å². The van der Waals surface area contributed by atoms with Crippen LogP contribution in [0.4, 0.5) is 0 Å². The molecule has 0 aliphatic heterocycles. The maximum absolute atomic E-state index is 9.78. The second-order valence-electron chi connectivity index (χ2n) is 5.36. The average Bonchev–Trinajstić information content (AvgIpc) is 2.52. The van der Waals surface area contributed by atoms with Crippen molar-refractivity contribution >= 4 is 11.6 Å². The molecule has 0 saturated heterocycles. The monoisotopic (exact) mass is 315 g/mol. The van der Waals surface area contributed by atoms with Gasteiger partial charge in [0.05, 0.1) is 6.07 Å². The highest BCUT2D eigenvalue weighted by Gasteiger charge is 2.14. The minimum Gasteiger partial charge on any atom is -0.489 e. The molecule has 114 valence electrons. The Morgan fingerprint density at radius 2 is 1.91 bits per heavy atom. The summed E-state index contributed by atoms with van der Waals surface area (Å²) < 4.78 is 5.90. The van der Waals surface area contributed by atoms with E-state index in [0.29, 0.717) is 22.1 Å². The van der Waals surface area contributed by atoms with Crippen molar-refractivity contribution in [1.29, 1.82) is 5.26 Å². The lowest BCUT2D eigenvalue weighted by atomic mass is 10.0. The molecule has 0 amide bonds. The molecule has 1 unspecified atom stereocenters. The van der Waals surface area contributed by atoms with Crippen LogP contribution in [0, 0.1) is 11.3 Å². The van der Waals surface area contributed by atoms with Crippen LogP contribution in [-0.4, -0.2) is 5.11 Å². The fourth-order valence-electron chi connectivity index (χ4n) is 2.28. The Bertz CT molecular complexity index is 692. The molecule has 2 aromatic carbocycles. The van der Waals surface area contributed by atoms with Gasteiger partial charge in [0.25, 0.3) is 0 Å². The number of hydrogen-bond donors (Lipinski definition) is 1. The summed E-state index contributed by atoms with van der Waals surface area (Å²) in [5, 5.41) is 19.2. The Morgan fingerprint density at radius 1 is 1.18 bits per heavy atom. The molecule has 0 radical (unpaired) electrons. The van der Waals surface area contributed by atoms with E-state index in [-0.39, 0.29) is 6.61 Å². The number of nitrogens with zero attached hydrogens (tertiary/aromatic N) is 1. The van der Waals surface area contributed by atoms with E-state index in [1.807, 2.05) is 30.3 Å². The first-order valence-corrected chi connectivity index (χ1v) is 7.48. The van der Waals surface area contributed by atoms with Gasteiger partial charge in [-0.05, 0) is 35.2 Å². The Kier molecular flexibility index (Phi) is 5.43. The highest BCUT2D eigenvalue weighted by molar-refractivity contribution is 6.30. The van der Waals surface area contributed by atoms with Gasteiger partial charge in [-0.3, -0.25) is 0 Å². The number of halogens is 1. The molecule has 4 heteroatoms. The van der Waals surface area contributed by atoms with Gasteiger partial charge in [-0.2, -0.15) is 5.26 Å². The lowest BCUT2D eigenvalue weighted by Crippen LogP contribution is -2.05. The number of nitriles is 1. The number of para-hydroxylation sites is 1. The van der Waals surface area contributed by atoms with Gasteiger partial charge >= 0.3 is 0 Å². The summed E-state index contributed by atoms with van der Waals surface area (Å²) in [6.07, 6.45) is -1.18. The van der Waals surface area contributed by atoms with E-state index in [1.54, 1.807) is 18.2 Å². The van der Waals surface area contributed by atoms with E-state index >= 15 is 0 Å². The molecule has 0 heterocycles. The lowest BCUT2D eigenvalue weighted by molar-refractivity contribution is 0.229. The normalized spacial score (nSPS) is 12.0. The van der Waals surface area contributed by atoms with Gasteiger partial charge in [0.1, 0.15) is 12.4 Å². The van der Waals surface area contributed by atoms with E-state index in [9.17, 15) is 5.11 Å². The molecule has 1 N–H and O–H groups in total. The third kappa shape index (κ3) is 3.79. The van der Waals surface area contributed by atoms with Gasteiger partial charge in [0.15, 0.2) is 6.10 Å². The fourth-order valence-corrected chi connectivity index (χ4v) is 2.47. The number of ether oxygens (including phenoxy) is 1. The first-order valence-electron chi connectivity index (χ1n) is 7.10. The van der Waals surface area contributed by atoms with Crippen molar-refractivity contribution in [3.63, 3.8) is 0 Å². The molecule has 2 rings (SSSR count). The molecule has 22 heavy (non-hydrogen) atoms. The maximum atomic E-state index is 9.78. The smallest absolute Gasteiger partial charge is 0.166 e. The van der Waals surface area contributed by atoms with Crippen LogP contribution < -0.4 is 4.74 Å². The first kappa shape index (κ1) is 16.4. The summed E-state index contributed by atoms with van der Waals surface area (Å²) in [4.78, 5) is 0. The van der Waals surface area contributed by atoms with E-state index < -0.39 is 6.10 Å². The Hall–Kier alpha value is -2.02. The summed E-state index contributed by atoms with van der Waals surface area (Å²) in [6, 6.07) is 14.7. The van der Waals surface area contributed by atoms with Crippen molar-refractivity contribution < 1.29 is 9.84 Å². The number of benzene rings is 2. The van der Waals surface area contributed by atoms with Gasteiger partial charge in [-0.1, -0.05) is 49.7 Å². The van der Waals surface area contributed by atoms with Crippen molar-refractivity contribution in [1.82, 2.24) is 0 Å². The summed E-state index contributed by atoms with van der Waals surface area (Å²) >= 11 is 6.01. The minimum atomic E-state index is -1.18. The van der Waals surface area contributed by atoms with Crippen LogP contribution in [0.1, 0.15) is 42.6 Å². The minimum absolute atomic E-state index is 0.248. The molecule has 3 nitrogen and oxygen atoms in total. The largest absolute Gasteiger partial charge is 0.489 e. The van der Waals surface area contributed by atoms with Gasteiger partial charge in [0, 0.05) is 10.6 Å². The van der Waals surface area contributed by atoms with Gasteiger partial charge < -0.3 is 9.84 Å². The zero-order chi connectivity index (χ0) is 16.1. The molecular weight excluding hydrogens is 298 g/mol. The molecule has 0 spiro atoms. The summed E-state index contributed by atoms with van der Waals surface area (Å²) in [7, 11) is 0. The molecule has 0 saturated carbocycles. The van der Waals surface area contributed by atoms with Crippen LogP contribution in [0.5, 0.6) is 5.75 Å². The zero-order valence-electron chi connectivity index (χ0n) is 12.6. The summed E-state index contributed by atoms with van der Waals surface area (Å²) in [5.74, 6) is 1.15. The molecule has 1 atom stereocenters. The summed E-state index contributed by atoms with van der Waals surface area (Å²) in [5.41, 5.74) is 2.35. The van der Waals surface area contributed by atoms with Gasteiger partial charge in [-0.15, -0.1) is 0 Å². The van der Waals surface area contributed by atoms with Crippen LogP contribution in [0.15, 0.2) is 42.5 Å². The molecular formula is C18H18ClNO2. The fraction of sp³-hybridized carbons (Fsp3) is 0.278. The van der Waals surface area contributed by atoms with E-state index in [4.69, 9.17) is 21.6 Å². The topological polar surface area (TPSA) is 53.2 Å². The Labute approximate surface area is 135 Å². The van der Waals surface area contributed by atoms with Crippen molar-refractivity contribution in [3.8, 4) is 11.8 Å². The molecule has 0 aliphatic carbocycles. The first-order chi connectivity index (χ1) is 10.5. The number of hydrogen-bond acceptors (Lipinski definition) is 3. The predicted molar refractivity (Wildman–Crippen MR) is 86.9 cm³/mol. The van der Waals surface area contributed by atoms with Crippen molar-refractivity contribution in [2.75, 3.05) is 0 Å². The second-order valence-corrected chi connectivity index (χ2v) is 5.79. The van der Waals surface area contributed by atoms with Crippen molar-refractivity contribution in [2.24, 2.45) is 0 Å². The highest BCUT2D eigenvalue weighted by Crippen LogP contribution is 2.28. The van der Waals surface area contributed by atoms with Gasteiger partial charge in [-0.25, -0.2) is 0 Å². The average molecular weight is 316 g/mol. The maximum Gasteiger partial charge on any atom is 0.166 e. The van der Waals surface area contributed by atoms with Crippen molar-refractivity contribution in [2.45, 2.75) is 32.5 Å². The quantitative estimate of drug-likeness (QED) is 0.820. The predicted octanol–water partition coefficient (Wildman–Crippen LogP) is 4.60. The molecule has 2 aromatic rings. The number of aliphatic hydroxyl groups excluding tert-OH is 1. The van der Waals surface area contributed by atoms with Gasteiger partial charge in [0.2, 0.25) is 0 Å². The zero-order valence-corrected chi connectivity index (χ0v) is 13.3. The Morgan fingerprint density at radius 3 is 2.59 bits per heavy atom. The SMILES string of the molecule is CC(C)c1ccccc1OCc1cc(Cl)ccc1C(O)C#N. The Balaban J connectivity index is 2.26. The molecule has 0 aromatic heterocycles. The van der Waals surface area contributed by atoms with Crippen LogP contribution >= 0.6 is 11.6 Å². The van der Waals surface area contributed by atoms with Crippen LogP contribution in [0.2, 0.25) is 5.02 Å². The third-order valence-electron chi connectivity index (χ3n) is 3.45. The highest BCUT2D eigenvalue weighted by atomic mass is 35.5. The van der Waals surface area contributed by atoms with E-state index in [1.165, 1.54) is 0 Å². The number of rotatable bonds is 5. The molecule has 0 bridgehead atoms. The molecule has 0 fully saturated rings. The standard InChI is InChI=1S/C18H18ClNO2/c1-12(2)15-5-3-4-6-18(15)22-11-13-9-14(19)7-8-16(13)17(21)10-20/h3-9,12,17,21H,11H2,1-2H3. The van der Waals surface area contributed by atoms with E-state index in [2.05, 4.69) is 13.8 Å². The number of aliphatic hydroxyl groups is 1. The van der Waals surface area contributed by atoms with Crippen LogP contribution in [0.3, 0.4) is 0 Å². The summed E-state index contributed by atoms with van der Waals surface area (Å²) in [6.45, 7) is 4.46.